The quantitative estimate of drug-likeness (QED) is 0.805. The normalized spacial score (nSPS) is 11.4. The zero-order valence-corrected chi connectivity index (χ0v) is 13.7. The van der Waals surface area contributed by atoms with Gasteiger partial charge in [0.1, 0.15) is 5.82 Å². The fraction of sp³-hybridized carbons (Fsp3) is 0.143. The van der Waals surface area contributed by atoms with Crippen molar-refractivity contribution in [2.75, 3.05) is 4.72 Å². The molecule has 0 amide bonds. The van der Waals surface area contributed by atoms with E-state index in [9.17, 15) is 17.9 Å². The second kappa shape index (κ2) is 5.65. The molecule has 2 rings (SSSR count). The Hall–Kier alpha value is -1.60. The predicted octanol–water partition coefficient (Wildman–Crippen LogP) is 3.71. The lowest BCUT2D eigenvalue weighted by Gasteiger charge is -2.14. The van der Waals surface area contributed by atoms with Gasteiger partial charge in [-0.1, -0.05) is 6.07 Å². The van der Waals surface area contributed by atoms with Gasteiger partial charge in [0.25, 0.3) is 10.0 Å². The Morgan fingerprint density at radius 1 is 1.19 bits per heavy atom. The zero-order chi connectivity index (χ0) is 15.8. The van der Waals surface area contributed by atoms with Crippen LogP contribution in [0.4, 0.5) is 10.1 Å². The fourth-order valence-corrected chi connectivity index (χ4v) is 4.00. The molecule has 2 N–H and O–H groups in total. The Kier molecular flexibility index (Phi) is 4.25. The highest BCUT2D eigenvalue weighted by Gasteiger charge is 2.22. The van der Waals surface area contributed by atoms with Crippen molar-refractivity contribution < 1.29 is 17.9 Å². The van der Waals surface area contributed by atoms with E-state index in [1.807, 2.05) is 0 Å². The number of halogens is 2. The van der Waals surface area contributed by atoms with Gasteiger partial charge in [-0.25, -0.2) is 12.8 Å². The minimum absolute atomic E-state index is 0.00303. The Labute approximate surface area is 130 Å². The third kappa shape index (κ3) is 3.19. The summed E-state index contributed by atoms with van der Waals surface area (Å²) in [6, 6.07) is 6.92. The number of nitrogens with one attached hydrogen (secondary N) is 1. The number of rotatable bonds is 3. The van der Waals surface area contributed by atoms with Gasteiger partial charge in [-0.15, -0.1) is 0 Å². The van der Waals surface area contributed by atoms with Crippen molar-refractivity contribution in [2.45, 2.75) is 18.7 Å². The van der Waals surface area contributed by atoms with Crippen LogP contribution < -0.4 is 4.72 Å². The van der Waals surface area contributed by atoms with E-state index in [0.29, 0.717) is 15.6 Å². The molecule has 0 aromatic heterocycles. The molecule has 0 aliphatic heterocycles. The van der Waals surface area contributed by atoms with Crippen LogP contribution in [0.1, 0.15) is 11.1 Å². The molecule has 0 fully saturated rings. The molecule has 0 spiro atoms. The van der Waals surface area contributed by atoms with Crippen molar-refractivity contribution in [3.63, 3.8) is 0 Å². The molecule has 2 aromatic rings. The minimum Gasteiger partial charge on any atom is -0.505 e. The van der Waals surface area contributed by atoms with Gasteiger partial charge in [-0.05, 0) is 65.2 Å². The van der Waals surface area contributed by atoms with Gasteiger partial charge in [-0.3, -0.25) is 4.72 Å². The lowest BCUT2D eigenvalue weighted by Crippen LogP contribution is -2.16. The molecule has 0 aliphatic rings. The molecule has 0 radical (unpaired) electrons. The lowest BCUT2D eigenvalue weighted by atomic mass is 10.1. The average Bonchev–Trinajstić information content (AvgIpc) is 2.33. The maximum absolute atomic E-state index is 13.3. The summed E-state index contributed by atoms with van der Waals surface area (Å²) in [6.07, 6.45) is 0. The molecule has 0 saturated heterocycles. The van der Waals surface area contributed by atoms with E-state index in [2.05, 4.69) is 20.7 Å². The Balaban J connectivity index is 2.51. The van der Waals surface area contributed by atoms with Crippen LogP contribution in [-0.2, 0) is 10.0 Å². The van der Waals surface area contributed by atoms with E-state index in [0.717, 1.165) is 12.1 Å². The average molecular weight is 374 g/mol. The molecule has 0 aliphatic carbocycles. The van der Waals surface area contributed by atoms with Crippen LogP contribution in [0.5, 0.6) is 5.75 Å². The molecule has 21 heavy (non-hydrogen) atoms. The highest BCUT2D eigenvalue weighted by Crippen LogP contribution is 2.33. The summed E-state index contributed by atoms with van der Waals surface area (Å²) >= 11 is 3.11. The number of phenolic OH excluding ortho intramolecular Hbond substituents is 1. The molecule has 0 saturated carbocycles. The van der Waals surface area contributed by atoms with Crippen molar-refractivity contribution in [2.24, 2.45) is 0 Å². The predicted molar refractivity (Wildman–Crippen MR) is 82.5 cm³/mol. The number of aryl methyl sites for hydroxylation is 2. The zero-order valence-electron chi connectivity index (χ0n) is 11.3. The van der Waals surface area contributed by atoms with E-state index < -0.39 is 15.8 Å². The molecule has 112 valence electrons. The first-order valence-electron chi connectivity index (χ1n) is 5.99. The van der Waals surface area contributed by atoms with Crippen LogP contribution >= 0.6 is 15.9 Å². The first-order chi connectivity index (χ1) is 9.72. The Bertz CT molecular complexity index is 783. The lowest BCUT2D eigenvalue weighted by molar-refractivity contribution is 0.474. The maximum atomic E-state index is 13.3. The maximum Gasteiger partial charge on any atom is 0.262 e. The Morgan fingerprint density at radius 2 is 1.76 bits per heavy atom. The number of hydrogen-bond acceptors (Lipinski definition) is 3. The molecule has 7 heteroatoms. The standard InChI is InChI=1S/C14H13BrFNO3S/c1-8-6-10(16)7-9(2)14(8)21(19,20)17-12-5-3-4-11(15)13(12)18/h3-7,17-18H,1-2H3. The Morgan fingerprint density at radius 3 is 2.33 bits per heavy atom. The van der Waals surface area contributed by atoms with Gasteiger partial charge in [0, 0.05) is 0 Å². The number of phenols is 1. The van der Waals surface area contributed by atoms with E-state index in [4.69, 9.17) is 0 Å². The summed E-state index contributed by atoms with van der Waals surface area (Å²) in [4.78, 5) is 0.00303. The molecule has 2 aromatic carbocycles. The molecule has 0 unspecified atom stereocenters. The van der Waals surface area contributed by atoms with Crippen LogP contribution in [0.25, 0.3) is 0 Å². The van der Waals surface area contributed by atoms with Crippen molar-refractivity contribution >= 4 is 31.6 Å². The number of benzene rings is 2. The summed E-state index contributed by atoms with van der Waals surface area (Å²) in [7, 11) is -3.93. The van der Waals surface area contributed by atoms with Crippen molar-refractivity contribution in [1.29, 1.82) is 0 Å². The van der Waals surface area contributed by atoms with Crippen LogP contribution in [-0.4, -0.2) is 13.5 Å². The number of sulfonamides is 1. The summed E-state index contributed by atoms with van der Waals surface area (Å²) in [5, 5.41) is 9.86. The number of anilines is 1. The summed E-state index contributed by atoms with van der Waals surface area (Å²) in [5.41, 5.74) is 0.650. The van der Waals surface area contributed by atoms with Gasteiger partial charge in [0.2, 0.25) is 0 Å². The highest BCUT2D eigenvalue weighted by atomic mass is 79.9. The van der Waals surface area contributed by atoms with Crippen molar-refractivity contribution in [3.8, 4) is 5.75 Å². The molecular weight excluding hydrogens is 361 g/mol. The van der Waals surface area contributed by atoms with Crippen molar-refractivity contribution in [1.82, 2.24) is 0 Å². The van der Waals surface area contributed by atoms with Gasteiger partial charge >= 0.3 is 0 Å². The van der Waals surface area contributed by atoms with E-state index in [-0.39, 0.29) is 16.3 Å². The van der Waals surface area contributed by atoms with Crippen LogP contribution in [0.15, 0.2) is 39.7 Å². The second-order valence-electron chi connectivity index (χ2n) is 4.61. The number of para-hydroxylation sites is 1. The molecule has 0 heterocycles. The first kappa shape index (κ1) is 15.8. The monoisotopic (exact) mass is 373 g/mol. The highest BCUT2D eigenvalue weighted by molar-refractivity contribution is 9.10. The van der Waals surface area contributed by atoms with Gasteiger partial charge in [0.15, 0.2) is 5.75 Å². The topological polar surface area (TPSA) is 66.4 Å². The number of aromatic hydroxyl groups is 1. The third-order valence-electron chi connectivity index (χ3n) is 2.92. The van der Waals surface area contributed by atoms with Crippen LogP contribution in [0.3, 0.4) is 0 Å². The van der Waals surface area contributed by atoms with Gasteiger partial charge < -0.3 is 5.11 Å². The molecule has 4 nitrogen and oxygen atoms in total. The largest absolute Gasteiger partial charge is 0.505 e. The minimum atomic E-state index is -3.93. The summed E-state index contributed by atoms with van der Waals surface area (Å²) < 4.78 is 40.9. The van der Waals surface area contributed by atoms with E-state index in [1.54, 1.807) is 12.1 Å². The smallest absolute Gasteiger partial charge is 0.262 e. The fourth-order valence-electron chi connectivity index (χ4n) is 2.11. The van der Waals surface area contributed by atoms with Gasteiger partial charge in [0.05, 0.1) is 15.1 Å². The first-order valence-corrected chi connectivity index (χ1v) is 8.27. The van der Waals surface area contributed by atoms with Crippen LogP contribution in [0.2, 0.25) is 0 Å². The molecule has 0 bridgehead atoms. The van der Waals surface area contributed by atoms with Crippen molar-refractivity contribution in [3.05, 3.63) is 51.7 Å². The molecule has 0 atom stereocenters. The third-order valence-corrected chi connectivity index (χ3v) is 5.23. The van der Waals surface area contributed by atoms with Gasteiger partial charge in [-0.2, -0.15) is 0 Å². The van der Waals surface area contributed by atoms with Crippen LogP contribution in [0, 0.1) is 19.7 Å². The number of hydrogen-bond donors (Lipinski definition) is 2. The summed E-state index contributed by atoms with van der Waals surface area (Å²) in [6.45, 7) is 3.04. The second-order valence-corrected chi connectivity index (χ2v) is 7.08. The molecular formula is C14H13BrFNO3S. The van der Waals surface area contributed by atoms with E-state index >= 15 is 0 Å². The van der Waals surface area contributed by atoms with E-state index in [1.165, 1.54) is 19.9 Å². The SMILES string of the molecule is Cc1cc(F)cc(C)c1S(=O)(=O)Nc1cccc(Br)c1O. The summed E-state index contributed by atoms with van der Waals surface area (Å²) in [5.74, 6) is -0.701.